The van der Waals surface area contributed by atoms with E-state index < -0.39 is 5.41 Å². The second kappa shape index (κ2) is 6.80. The summed E-state index contributed by atoms with van der Waals surface area (Å²) >= 11 is 1.40. The predicted molar refractivity (Wildman–Crippen MR) is 72.8 cm³/mol. The molecule has 0 aromatic carbocycles. The zero-order chi connectivity index (χ0) is 13.6. The van der Waals surface area contributed by atoms with Gasteiger partial charge in [0.05, 0.1) is 6.61 Å². The number of hydrogen-bond acceptors (Lipinski definition) is 5. The Bertz CT molecular complexity index is 385. The smallest absolute Gasteiger partial charge is 0.231 e. The molecule has 0 saturated carbocycles. The van der Waals surface area contributed by atoms with Crippen LogP contribution in [0.15, 0.2) is 0 Å². The molecule has 0 fully saturated rings. The zero-order valence-electron chi connectivity index (χ0n) is 11.4. The summed E-state index contributed by atoms with van der Waals surface area (Å²) in [4.78, 5) is 11.7. The average Bonchev–Trinajstić information content (AvgIpc) is 2.71. The van der Waals surface area contributed by atoms with E-state index in [1.807, 2.05) is 20.8 Å². The van der Waals surface area contributed by atoms with Gasteiger partial charge in [0.15, 0.2) is 0 Å². The first-order valence-electron chi connectivity index (χ1n) is 6.15. The topological polar surface area (TPSA) is 64.1 Å². The molecule has 0 radical (unpaired) electrons. The van der Waals surface area contributed by atoms with Crippen molar-refractivity contribution >= 4 is 22.4 Å². The van der Waals surface area contributed by atoms with E-state index in [0.29, 0.717) is 11.7 Å². The van der Waals surface area contributed by atoms with Crippen LogP contribution in [-0.2, 0) is 16.0 Å². The van der Waals surface area contributed by atoms with Gasteiger partial charge in [-0.3, -0.25) is 4.79 Å². The molecule has 1 heterocycles. The summed E-state index contributed by atoms with van der Waals surface area (Å²) in [6, 6.07) is 0. The lowest BCUT2D eigenvalue weighted by molar-refractivity contribution is -0.123. The minimum Gasteiger partial charge on any atom is -0.381 e. The van der Waals surface area contributed by atoms with Crippen LogP contribution in [0.25, 0.3) is 0 Å². The fraction of sp³-hybridized carbons (Fsp3) is 0.750. The highest BCUT2D eigenvalue weighted by Crippen LogP contribution is 2.20. The molecule has 0 saturated heterocycles. The van der Waals surface area contributed by atoms with E-state index in [4.69, 9.17) is 4.74 Å². The lowest BCUT2D eigenvalue weighted by Crippen LogP contribution is -2.27. The number of carbonyl (C=O) groups is 1. The Balaban J connectivity index is 2.41. The molecule has 0 unspecified atom stereocenters. The Hall–Kier alpha value is -1.01. The number of ether oxygens (including phenoxy) is 1. The number of aromatic nitrogens is 2. The first-order chi connectivity index (χ1) is 8.43. The molecule has 6 heteroatoms. The van der Waals surface area contributed by atoms with Crippen molar-refractivity contribution in [2.24, 2.45) is 5.41 Å². The van der Waals surface area contributed by atoms with Gasteiger partial charge in [-0.05, 0) is 6.42 Å². The molecular formula is C12H21N3O2S. The molecule has 18 heavy (non-hydrogen) atoms. The van der Waals surface area contributed by atoms with Crippen LogP contribution in [0.2, 0.25) is 0 Å². The molecule has 0 aliphatic heterocycles. The van der Waals surface area contributed by atoms with Crippen LogP contribution in [0.4, 0.5) is 5.13 Å². The third-order valence-corrected chi connectivity index (χ3v) is 3.08. The summed E-state index contributed by atoms with van der Waals surface area (Å²) < 4.78 is 5.38. The highest BCUT2D eigenvalue weighted by atomic mass is 32.1. The van der Waals surface area contributed by atoms with Gasteiger partial charge in [0.2, 0.25) is 11.0 Å². The number of amides is 1. The van der Waals surface area contributed by atoms with Gasteiger partial charge in [-0.25, -0.2) is 0 Å². The maximum Gasteiger partial charge on any atom is 0.231 e. The summed E-state index contributed by atoms with van der Waals surface area (Å²) in [6.45, 7) is 9.09. The van der Waals surface area contributed by atoms with Crippen LogP contribution >= 0.6 is 11.3 Å². The van der Waals surface area contributed by atoms with Crippen LogP contribution < -0.4 is 5.32 Å². The molecule has 0 aliphatic rings. The minimum absolute atomic E-state index is 0.0487. The SMILES string of the molecule is CCCOCCc1nnc(NC(=O)C(C)(C)C)s1. The van der Waals surface area contributed by atoms with Gasteiger partial charge in [-0.15, -0.1) is 10.2 Å². The highest BCUT2D eigenvalue weighted by molar-refractivity contribution is 7.15. The van der Waals surface area contributed by atoms with Crippen LogP contribution in [-0.4, -0.2) is 29.3 Å². The van der Waals surface area contributed by atoms with Crippen molar-refractivity contribution in [2.75, 3.05) is 18.5 Å². The fourth-order valence-corrected chi connectivity index (χ4v) is 1.81. The molecule has 0 aliphatic carbocycles. The first kappa shape index (κ1) is 15.0. The van der Waals surface area contributed by atoms with Gasteiger partial charge in [0.25, 0.3) is 0 Å². The Kier molecular flexibility index (Phi) is 5.68. The van der Waals surface area contributed by atoms with Gasteiger partial charge in [-0.1, -0.05) is 39.0 Å². The Morgan fingerprint density at radius 2 is 2.06 bits per heavy atom. The lowest BCUT2D eigenvalue weighted by Gasteiger charge is -2.15. The molecule has 1 rings (SSSR count). The van der Waals surface area contributed by atoms with Crippen molar-refractivity contribution in [3.05, 3.63) is 5.01 Å². The monoisotopic (exact) mass is 271 g/mol. The van der Waals surface area contributed by atoms with Crippen molar-refractivity contribution < 1.29 is 9.53 Å². The van der Waals surface area contributed by atoms with E-state index in [2.05, 4.69) is 22.4 Å². The molecule has 5 nitrogen and oxygen atoms in total. The van der Waals surface area contributed by atoms with Crippen molar-refractivity contribution in [1.29, 1.82) is 0 Å². The summed E-state index contributed by atoms with van der Waals surface area (Å²) in [5.74, 6) is -0.0487. The molecule has 1 aromatic rings. The lowest BCUT2D eigenvalue weighted by atomic mass is 9.96. The highest BCUT2D eigenvalue weighted by Gasteiger charge is 2.22. The van der Waals surface area contributed by atoms with Crippen LogP contribution in [0.3, 0.4) is 0 Å². The third-order valence-electron chi connectivity index (χ3n) is 2.18. The minimum atomic E-state index is -0.421. The molecule has 1 N–H and O–H groups in total. The third kappa shape index (κ3) is 5.10. The van der Waals surface area contributed by atoms with E-state index in [1.54, 1.807) is 0 Å². The molecule has 0 bridgehead atoms. The van der Waals surface area contributed by atoms with Gasteiger partial charge in [0, 0.05) is 18.4 Å². The van der Waals surface area contributed by atoms with Crippen molar-refractivity contribution in [1.82, 2.24) is 10.2 Å². The van der Waals surface area contributed by atoms with E-state index in [1.165, 1.54) is 11.3 Å². The Morgan fingerprint density at radius 1 is 1.33 bits per heavy atom. The van der Waals surface area contributed by atoms with E-state index in [-0.39, 0.29) is 5.91 Å². The fourth-order valence-electron chi connectivity index (χ4n) is 1.10. The molecular weight excluding hydrogens is 250 g/mol. The summed E-state index contributed by atoms with van der Waals surface area (Å²) in [5, 5.41) is 12.2. The molecule has 1 aromatic heterocycles. The van der Waals surface area contributed by atoms with E-state index in [0.717, 1.165) is 24.5 Å². The molecule has 0 spiro atoms. The van der Waals surface area contributed by atoms with Gasteiger partial charge < -0.3 is 10.1 Å². The first-order valence-corrected chi connectivity index (χ1v) is 6.96. The second-order valence-electron chi connectivity index (χ2n) is 5.07. The number of nitrogens with one attached hydrogen (secondary N) is 1. The number of nitrogens with zero attached hydrogens (tertiary/aromatic N) is 2. The average molecular weight is 271 g/mol. The largest absolute Gasteiger partial charge is 0.381 e. The maximum absolute atomic E-state index is 11.7. The van der Waals surface area contributed by atoms with Crippen molar-refractivity contribution in [2.45, 2.75) is 40.5 Å². The summed E-state index contributed by atoms with van der Waals surface area (Å²) in [6.07, 6.45) is 1.76. The summed E-state index contributed by atoms with van der Waals surface area (Å²) in [7, 11) is 0. The molecule has 102 valence electrons. The van der Waals surface area contributed by atoms with Crippen molar-refractivity contribution in [3.63, 3.8) is 0 Å². The van der Waals surface area contributed by atoms with Crippen LogP contribution in [0, 0.1) is 5.41 Å². The van der Waals surface area contributed by atoms with Gasteiger partial charge >= 0.3 is 0 Å². The number of rotatable bonds is 6. The van der Waals surface area contributed by atoms with Crippen molar-refractivity contribution in [3.8, 4) is 0 Å². The van der Waals surface area contributed by atoms with Gasteiger partial charge in [0.1, 0.15) is 5.01 Å². The Labute approximate surface area is 112 Å². The maximum atomic E-state index is 11.7. The molecule has 0 atom stereocenters. The van der Waals surface area contributed by atoms with Crippen LogP contribution in [0.5, 0.6) is 0 Å². The quantitative estimate of drug-likeness (QED) is 0.807. The Morgan fingerprint density at radius 3 is 2.67 bits per heavy atom. The van der Waals surface area contributed by atoms with Crippen LogP contribution in [0.1, 0.15) is 39.1 Å². The number of carbonyl (C=O) groups excluding carboxylic acids is 1. The zero-order valence-corrected chi connectivity index (χ0v) is 12.3. The molecule has 1 amide bonds. The standard InChI is InChI=1S/C12H21N3O2S/c1-5-7-17-8-6-9-14-15-11(18-9)13-10(16)12(2,3)4/h5-8H2,1-4H3,(H,13,15,16). The normalized spacial score (nSPS) is 11.6. The predicted octanol–water partition coefficient (Wildman–Crippen LogP) is 2.49. The number of hydrogen-bond donors (Lipinski definition) is 1. The second-order valence-corrected chi connectivity index (χ2v) is 6.13. The van der Waals surface area contributed by atoms with E-state index in [9.17, 15) is 4.79 Å². The number of anilines is 1. The van der Waals surface area contributed by atoms with E-state index >= 15 is 0 Å². The summed E-state index contributed by atoms with van der Waals surface area (Å²) in [5.41, 5.74) is -0.421. The van der Waals surface area contributed by atoms with Gasteiger partial charge in [-0.2, -0.15) is 0 Å².